The van der Waals surface area contributed by atoms with Crippen molar-refractivity contribution < 1.29 is 14.3 Å². The molecular weight excluding hydrogens is 358 g/mol. The van der Waals surface area contributed by atoms with E-state index in [0.29, 0.717) is 36.0 Å². The van der Waals surface area contributed by atoms with Crippen LogP contribution in [-0.2, 0) is 14.3 Å². The smallest absolute Gasteiger partial charge is 0.311 e. The molecule has 3 rings (SSSR count). The van der Waals surface area contributed by atoms with E-state index in [1.807, 2.05) is 13.8 Å². The highest BCUT2D eigenvalue weighted by molar-refractivity contribution is 5.76. The molecule has 2 atom stereocenters. The molecule has 1 saturated heterocycles. The molecule has 0 bridgehead atoms. The molecule has 2 fully saturated rings. The van der Waals surface area contributed by atoms with E-state index >= 15 is 0 Å². The van der Waals surface area contributed by atoms with E-state index in [9.17, 15) is 4.79 Å². The van der Waals surface area contributed by atoms with Crippen molar-refractivity contribution in [3.63, 3.8) is 0 Å². The normalized spacial score (nSPS) is 30.5. The summed E-state index contributed by atoms with van der Waals surface area (Å²) >= 11 is 0. The number of carbonyl (C=O) groups excluding carboxylic acids is 1. The predicted octanol–water partition coefficient (Wildman–Crippen LogP) is 2.82. The number of nitrogens with one attached hydrogen (secondary N) is 2. The van der Waals surface area contributed by atoms with Crippen LogP contribution in [0.5, 0.6) is 0 Å². The molecule has 2 aliphatic rings. The van der Waals surface area contributed by atoms with Gasteiger partial charge < -0.3 is 25.8 Å². The van der Waals surface area contributed by atoms with Crippen LogP contribution >= 0.6 is 0 Å². The third-order valence-electron chi connectivity index (χ3n) is 5.97. The summed E-state index contributed by atoms with van der Waals surface area (Å²) in [5.41, 5.74) is 6.24. The zero-order valence-corrected chi connectivity index (χ0v) is 17.2. The lowest BCUT2D eigenvalue weighted by atomic mass is 9.74. The zero-order chi connectivity index (χ0) is 20.1. The fraction of sp³-hybridized carbons (Fsp3) is 0.750. The summed E-state index contributed by atoms with van der Waals surface area (Å²) in [4.78, 5) is 21.1. The molecule has 0 unspecified atom stereocenters. The third kappa shape index (κ3) is 4.84. The molecule has 4 N–H and O–H groups in total. The van der Waals surface area contributed by atoms with Crippen LogP contribution in [0.2, 0.25) is 0 Å². The maximum absolute atomic E-state index is 12.2. The summed E-state index contributed by atoms with van der Waals surface area (Å²) in [6, 6.07) is 0.528. The van der Waals surface area contributed by atoms with Crippen molar-refractivity contribution in [1.82, 2.24) is 9.97 Å². The number of nitrogens with two attached hydrogens (primary N) is 1. The van der Waals surface area contributed by atoms with Gasteiger partial charge in [-0.25, -0.2) is 4.98 Å². The molecule has 1 aromatic heterocycles. The summed E-state index contributed by atoms with van der Waals surface area (Å²) in [5.74, 6) is 1.56. The Labute approximate surface area is 167 Å². The van der Waals surface area contributed by atoms with Crippen molar-refractivity contribution in [3.05, 3.63) is 6.20 Å². The predicted molar refractivity (Wildman–Crippen MR) is 109 cm³/mol. The van der Waals surface area contributed by atoms with E-state index in [-0.39, 0.29) is 12.0 Å². The first-order valence-electron chi connectivity index (χ1n) is 10.3. The van der Waals surface area contributed by atoms with Crippen LogP contribution in [0.1, 0.15) is 52.9 Å². The standard InChI is InChI=1S/C20H33N5O3/c1-4-28-18(26)20(3)8-5-14(6-9-20)23-17-15(21)11-22-19(25-17)24-16-7-10-27-12-13(16)2/h11,13-14,16H,4-10,12,21H2,1-3H3,(H2,22,23,24,25)/t13-,14-,16-,20-/m1/s1. The van der Waals surface area contributed by atoms with Crippen LogP contribution in [0.3, 0.4) is 0 Å². The van der Waals surface area contributed by atoms with Crippen molar-refractivity contribution >= 4 is 23.4 Å². The van der Waals surface area contributed by atoms with Crippen LogP contribution in [0.25, 0.3) is 0 Å². The second-order valence-electron chi connectivity index (χ2n) is 8.29. The molecule has 1 saturated carbocycles. The largest absolute Gasteiger partial charge is 0.466 e. The molecule has 0 aromatic carbocycles. The van der Waals surface area contributed by atoms with Crippen molar-refractivity contribution in [3.8, 4) is 0 Å². The fourth-order valence-corrected chi connectivity index (χ4v) is 3.94. The number of nitrogens with zero attached hydrogens (tertiary/aromatic N) is 2. The number of hydrogen-bond donors (Lipinski definition) is 3. The van der Waals surface area contributed by atoms with Gasteiger partial charge in [-0.3, -0.25) is 4.79 Å². The van der Waals surface area contributed by atoms with Crippen molar-refractivity contribution in [2.75, 3.05) is 36.2 Å². The Bertz CT molecular complexity index is 676. The van der Waals surface area contributed by atoms with E-state index in [4.69, 9.17) is 15.2 Å². The second kappa shape index (κ2) is 8.94. The average Bonchev–Trinajstić information content (AvgIpc) is 2.68. The summed E-state index contributed by atoms with van der Waals surface area (Å²) in [7, 11) is 0. The van der Waals surface area contributed by atoms with Crippen LogP contribution in [0.4, 0.5) is 17.5 Å². The molecule has 8 heteroatoms. The Balaban J connectivity index is 1.59. The second-order valence-corrected chi connectivity index (χ2v) is 8.29. The average molecular weight is 392 g/mol. The van der Waals surface area contributed by atoms with E-state index < -0.39 is 5.41 Å². The minimum atomic E-state index is -0.392. The van der Waals surface area contributed by atoms with Crippen molar-refractivity contribution in [1.29, 1.82) is 0 Å². The minimum Gasteiger partial charge on any atom is -0.466 e. The highest BCUT2D eigenvalue weighted by Gasteiger charge is 2.39. The van der Waals surface area contributed by atoms with Crippen molar-refractivity contribution in [2.24, 2.45) is 11.3 Å². The Hall–Kier alpha value is -2.09. The highest BCUT2D eigenvalue weighted by Crippen LogP contribution is 2.38. The number of ether oxygens (including phenoxy) is 2. The summed E-state index contributed by atoms with van der Waals surface area (Å²) < 4.78 is 10.7. The minimum absolute atomic E-state index is 0.0907. The van der Waals surface area contributed by atoms with Gasteiger partial charge in [-0.2, -0.15) is 4.98 Å². The number of carbonyl (C=O) groups is 1. The molecule has 156 valence electrons. The number of nitrogen functional groups attached to an aromatic ring is 1. The lowest BCUT2D eigenvalue weighted by Crippen LogP contribution is -2.38. The maximum atomic E-state index is 12.2. The molecule has 0 amide bonds. The Morgan fingerprint density at radius 2 is 2.11 bits per heavy atom. The van der Waals surface area contributed by atoms with Crippen LogP contribution in [-0.4, -0.2) is 47.8 Å². The lowest BCUT2D eigenvalue weighted by Gasteiger charge is -2.35. The molecule has 1 aliphatic carbocycles. The maximum Gasteiger partial charge on any atom is 0.311 e. The first-order valence-corrected chi connectivity index (χ1v) is 10.3. The van der Waals surface area contributed by atoms with Crippen LogP contribution in [0.15, 0.2) is 6.20 Å². The molecule has 0 spiro atoms. The van der Waals surface area contributed by atoms with Gasteiger partial charge in [0, 0.05) is 18.7 Å². The zero-order valence-electron chi connectivity index (χ0n) is 17.2. The monoisotopic (exact) mass is 391 g/mol. The van der Waals surface area contributed by atoms with Gasteiger partial charge in [0.15, 0.2) is 5.82 Å². The SMILES string of the molecule is CCOC(=O)[C@]1(C)CC[C@@H](Nc2nc(N[C@@H]3CCOC[C@H]3C)ncc2N)CC1. The molecule has 0 radical (unpaired) electrons. The number of anilines is 3. The molecule has 8 nitrogen and oxygen atoms in total. The highest BCUT2D eigenvalue weighted by atomic mass is 16.5. The molecule has 1 aliphatic heterocycles. The van der Waals surface area contributed by atoms with Crippen LogP contribution < -0.4 is 16.4 Å². The van der Waals surface area contributed by atoms with E-state index in [0.717, 1.165) is 45.3 Å². The number of aromatic nitrogens is 2. The Morgan fingerprint density at radius 1 is 1.36 bits per heavy atom. The summed E-state index contributed by atoms with van der Waals surface area (Å²) in [6.45, 7) is 7.93. The van der Waals surface area contributed by atoms with Gasteiger partial charge in [-0.05, 0) is 51.9 Å². The quantitative estimate of drug-likeness (QED) is 0.635. The Morgan fingerprint density at radius 3 is 2.79 bits per heavy atom. The Kier molecular flexibility index (Phi) is 6.59. The van der Waals surface area contributed by atoms with Gasteiger partial charge in [0.05, 0.1) is 30.5 Å². The first-order chi connectivity index (χ1) is 13.4. The molecular formula is C20H33N5O3. The van der Waals surface area contributed by atoms with Gasteiger partial charge in [0.25, 0.3) is 0 Å². The number of rotatable bonds is 6. The van der Waals surface area contributed by atoms with Gasteiger partial charge in [0.2, 0.25) is 5.95 Å². The summed E-state index contributed by atoms with van der Waals surface area (Å²) in [6.07, 6.45) is 5.91. The molecule has 2 heterocycles. The topological polar surface area (TPSA) is 111 Å². The van der Waals surface area contributed by atoms with Gasteiger partial charge in [-0.1, -0.05) is 6.92 Å². The first kappa shape index (κ1) is 20.6. The lowest BCUT2D eigenvalue weighted by molar-refractivity contribution is -0.156. The van der Waals surface area contributed by atoms with E-state index in [1.54, 1.807) is 6.20 Å². The third-order valence-corrected chi connectivity index (χ3v) is 5.97. The van der Waals surface area contributed by atoms with E-state index in [2.05, 4.69) is 27.5 Å². The van der Waals surface area contributed by atoms with E-state index in [1.165, 1.54) is 0 Å². The fourth-order valence-electron chi connectivity index (χ4n) is 3.94. The molecule has 1 aromatic rings. The van der Waals surface area contributed by atoms with Gasteiger partial charge >= 0.3 is 5.97 Å². The van der Waals surface area contributed by atoms with Crippen LogP contribution in [0, 0.1) is 11.3 Å². The molecule has 28 heavy (non-hydrogen) atoms. The number of esters is 1. The van der Waals surface area contributed by atoms with Gasteiger partial charge in [0.1, 0.15) is 0 Å². The van der Waals surface area contributed by atoms with Crippen molar-refractivity contribution in [2.45, 2.75) is 65.0 Å². The number of hydrogen-bond acceptors (Lipinski definition) is 8. The summed E-state index contributed by atoms with van der Waals surface area (Å²) in [5, 5.41) is 6.87. The van der Waals surface area contributed by atoms with Gasteiger partial charge in [-0.15, -0.1) is 0 Å².